The molecule has 0 fully saturated rings. The Hall–Kier alpha value is -1.85. The van der Waals surface area contributed by atoms with Crippen LogP contribution in [0.4, 0.5) is 0 Å². The van der Waals surface area contributed by atoms with E-state index >= 15 is 0 Å². The molecule has 0 unspecified atom stereocenters. The lowest BCUT2D eigenvalue weighted by Crippen LogP contribution is -1.76. The number of hydrogen-bond donors (Lipinski definition) is 1. The van der Waals surface area contributed by atoms with Crippen LogP contribution in [0.5, 0.6) is 0 Å². The van der Waals surface area contributed by atoms with E-state index in [9.17, 15) is 0 Å². The molecule has 0 aromatic heterocycles. The molecule has 0 saturated heterocycles. The molecule has 0 heterocycles. The summed E-state index contributed by atoms with van der Waals surface area (Å²) in [5, 5.41) is 6.15. The molecule has 1 nitrogen and oxygen atoms in total. The average molecular weight is 185 g/mol. The molecule has 0 radical (unpaired) electrons. The summed E-state index contributed by atoms with van der Waals surface area (Å²) in [5.41, 5.74) is 2.27. The van der Waals surface area contributed by atoms with Gasteiger partial charge in [-0.15, -0.1) is 0 Å². The van der Waals surface area contributed by atoms with E-state index in [1.54, 1.807) is 13.0 Å². The van der Waals surface area contributed by atoms with Gasteiger partial charge >= 0.3 is 0 Å². The third-order valence-electron chi connectivity index (χ3n) is 1.58. The summed E-state index contributed by atoms with van der Waals surface area (Å²) in [6, 6.07) is 8.02. The SMILES string of the molecule is C=Cc1ccccc1C=C.CC=C=N. The Balaban J connectivity index is 0.000000364. The van der Waals surface area contributed by atoms with Crippen LogP contribution in [-0.4, -0.2) is 5.87 Å². The number of rotatable bonds is 2. The second-order valence-corrected chi connectivity index (χ2v) is 2.47. The maximum absolute atomic E-state index is 6.15. The van der Waals surface area contributed by atoms with Gasteiger partial charge in [0.1, 0.15) is 0 Å². The van der Waals surface area contributed by atoms with Gasteiger partial charge in [0.05, 0.1) is 0 Å². The van der Waals surface area contributed by atoms with Crippen molar-refractivity contribution in [3.8, 4) is 0 Å². The van der Waals surface area contributed by atoms with E-state index in [4.69, 9.17) is 5.41 Å². The van der Waals surface area contributed by atoms with Gasteiger partial charge in [0, 0.05) is 0 Å². The van der Waals surface area contributed by atoms with Gasteiger partial charge in [-0.05, 0) is 30.0 Å². The molecule has 0 saturated carbocycles. The molecule has 1 aromatic carbocycles. The van der Waals surface area contributed by atoms with Crippen molar-refractivity contribution < 1.29 is 0 Å². The summed E-state index contributed by atoms with van der Waals surface area (Å²) in [5.74, 6) is 2.06. The lowest BCUT2D eigenvalue weighted by molar-refractivity contribution is 1.58. The van der Waals surface area contributed by atoms with Crippen LogP contribution < -0.4 is 0 Å². The molecule has 0 atom stereocenters. The summed E-state index contributed by atoms with van der Waals surface area (Å²) in [6.07, 6.45) is 5.20. The van der Waals surface area contributed by atoms with Gasteiger partial charge in [0.25, 0.3) is 0 Å². The largest absolute Gasteiger partial charge is 0.259 e. The third-order valence-corrected chi connectivity index (χ3v) is 1.58. The molecule has 1 N–H and O–H groups in total. The molecule has 0 aliphatic rings. The number of benzene rings is 1. The first kappa shape index (κ1) is 12.2. The van der Waals surface area contributed by atoms with Gasteiger partial charge in [0.15, 0.2) is 0 Å². The highest BCUT2D eigenvalue weighted by molar-refractivity contribution is 5.63. The van der Waals surface area contributed by atoms with Crippen molar-refractivity contribution in [3.05, 3.63) is 54.6 Å². The van der Waals surface area contributed by atoms with Crippen LogP contribution in [0.25, 0.3) is 12.2 Å². The van der Waals surface area contributed by atoms with Crippen LogP contribution in [0.2, 0.25) is 0 Å². The minimum absolute atomic E-state index is 1.14. The normalized spacial score (nSPS) is 7.50. The Morgan fingerprint density at radius 3 is 1.71 bits per heavy atom. The third kappa shape index (κ3) is 4.24. The van der Waals surface area contributed by atoms with E-state index in [2.05, 4.69) is 19.0 Å². The molecule has 1 aromatic rings. The highest BCUT2D eigenvalue weighted by Gasteiger charge is 1.89. The lowest BCUT2D eigenvalue weighted by atomic mass is 10.1. The minimum atomic E-state index is 1.14. The van der Waals surface area contributed by atoms with E-state index < -0.39 is 0 Å². The van der Waals surface area contributed by atoms with Gasteiger partial charge in [-0.25, -0.2) is 0 Å². The zero-order chi connectivity index (χ0) is 10.8. The van der Waals surface area contributed by atoms with Crippen molar-refractivity contribution in [2.75, 3.05) is 0 Å². The van der Waals surface area contributed by atoms with Gasteiger partial charge in [-0.3, -0.25) is 5.41 Å². The van der Waals surface area contributed by atoms with Crippen LogP contribution >= 0.6 is 0 Å². The summed E-state index contributed by atoms with van der Waals surface area (Å²) >= 11 is 0. The standard InChI is InChI=1S/C10H10.C3H5N/c1-3-9-7-5-6-8-10(9)4-2;1-2-3-4/h3-8H,1-2H2;2,4H,1H3. The van der Waals surface area contributed by atoms with E-state index in [1.807, 2.05) is 36.4 Å². The quantitative estimate of drug-likeness (QED) is 0.678. The highest BCUT2D eigenvalue weighted by Crippen LogP contribution is 2.10. The maximum Gasteiger partial charge on any atom is -0.0190 e. The smallest absolute Gasteiger partial charge is 0.0190 e. The van der Waals surface area contributed by atoms with Crippen LogP contribution in [0, 0.1) is 5.41 Å². The fourth-order valence-corrected chi connectivity index (χ4v) is 0.883. The van der Waals surface area contributed by atoms with Crippen molar-refractivity contribution in [3.63, 3.8) is 0 Å². The molecule has 14 heavy (non-hydrogen) atoms. The van der Waals surface area contributed by atoms with E-state index in [1.165, 1.54) is 0 Å². The Labute approximate surface area is 85.6 Å². The summed E-state index contributed by atoms with van der Waals surface area (Å²) in [4.78, 5) is 0. The summed E-state index contributed by atoms with van der Waals surface area (Å²) in [6.45, 7) is 9.14. The second-order valence-electron chi connectivity index (χ2n) is 2.47. The predicted molar refractivity (Wildman–Crippen MR) is 64.6 cm³/mol. The van der Waals surface area contributed by atoms with Crippen molar-refractivity contribution in [1.82, 2.24) is 0 Å². The molecule has 1 rings (SSSR count). The first-order chi connectivity index (χ1) is 6.79. The predicted octanol–water partition coefficient (Wildman–Crippen LogP) is 3.78. The Morgan fingerprint density at radius 2 is 1.50 bits per heavy atom. The summed E-state index contributed by atoms with van der Waals surface area (Å²) < 4.78 is 0. The monoisotopic (exact) mass is 185 g/mol. The van der Waals surface area contributed by atoms with Crippen molar-refractivity contribution in [2.45, 2.75) is 6.92 Å². The average Bonchev–Trinajstić information content (AvgIpc) is 2.29. The maximum atomic E-state index is 6.15. The zero-order valence-corrected chi connectivity index (χ0v) is 8.46. The molecule has 0 bridgehead atoms. The molecule has 0 aliphatic carbocycles. The number of allylic oxidation sites excluding steroid dienone is 1. The van der Waals surface area contributed by atoms with Crippen LogP contribution in [-0.2, 0) is 0 Å². The molecular weight excluding hydrogens is 170 g/mol. The summed E-state index contributed by atoms with van der Waals surface area (Å²) in [7, 11) is 0. The van der Waals surface area contributed by atoms with Crippen LogP contribution in [0.15, 0.2) is 43.5 Å². The molecule has 1 heteroatoms. The van der Waals surface area contributed by atoms with Crippen molar-refractivity contribution in [1.29, 1.82) is 5.41 Å². The Kier molecular flexibility index (Phi) is 6.75. The van der Waals surface area contributed by atoms with E-state index in [-0.39, 0.29) is 0 Å². The lowest BCUT2D eigenvalue weighted by Gasteiger charge is -1.96. The van der Waals surface area contributed by atoms with Gasteiger partial charge in [0.2, 0.25) is 0 Å². The number of hydrogen-bond acceptors (Lipinski definition) is 1. The zero-order valence-electron chi connectivity index (χ0n) is 8.46. The molecule has 0 spiro atoms. The molecular formula is C13H15N. The molecule has 0 aliphatic heterocycles. The first-order valence-corrected chi connectivity index (χ1v) is 4.34. The minimum Gasteiger partial charge on any atom is -0.259 e. The van der Waals surface area contributed by atoms with Gasteiger partial charge < -0.3 is 0 Å². The molecule has 72 valence electrons. The Bertz CT molecular complexity index is 317. The van der Waals surface area contributed by atoms with Crippen molar-refractivity contribution in [2.24, 2.45) is 0 Å². The topological polar surface area (TPSA) is 23.9 Å². The first-order valence-electron chi connectivity index (χ1n) is 4.34. The van der Waals surface area contributed by atoms with E-state index in [0.29, 0.717) is 0 Å². The fraction of sp³-hybridized carbons (Fsp3) is 0.0769. The number of nitrogens with one attached hydrogen (secondary N) is 1. The molecule has 0 amide bonds. The fourth-order valence-electron chi connectivity index (χ4n) is 0.883. The van der Waals surface area contributed by atoms with Crippen LogP contribution in [0.1, 0.15) is 18.1 Å². The second kappa shape index (κ2) is 7.78. The van der Waals surface area contributed by atoms with Gasteiger partial charge in [-0.1, -0.05) is 49.6 Å². The Morgan fingerprint density at radius 1 is 1.14 bits per heavy atom. The van der Waals surface area contributed by atoms with Crippen LogP contribution in [0.3, 0.4) is 0 Å². The van der Waals surface area contributed by atoms with E-state index in [0.717, 1.165) is 11.1 Å². The van der Waals surface area contributed by atoms with Gasteiger partial charge in [-0.2, -0.15) is 0 Å². The van der Waals surface area contributed by atoms with Crippen molar-refractivity contribution >= 4 is 18.0 Å². The highest BCUT2D eigenvalue weighted by atomic mass is 14.3.